The molecule has 0 unspecified atom stereocenters. The zero-order valence-corrected chi connectivity index (χ0v) is 8.40. The van der Waals surface area contributed by atoms with Gasteiger partial charge < -0.3 is 9.67 Å². The number of aromatic nitrogens is 1. The van der Waals surface area contributed by atoms with Gasteiger partial charge in [-0.1, -0.05) is 18.2 Å². The van der Waals surface area contributed by atoms with Crippen LogP contribution < -0.4 is 0 Å². The number of rotatable bonds is 3. The molecule has 14 heavy (non-hydrogen) atoms. The third-order valence-electron chi connectivity index (χ3n) is 2.59. The summed E-state index contributed by atoms with van der Waals surface area (Å²) in [4.78, 5) is 0. The number of aryl methyl sites for hydroxylation is 1. The minimum atomic E-state index is 0.216. The number of aliphatic hydroxyl groups is 1. The molecule has 2 heteroatoms. The van der Waals surface area contributed by atoms with Gasteiger partial charge in [0, 0.05) is 19.3 Å². The van der Waals surface area contributed by atoms with Crippen molar-refractivity contribution in [1.82, 2.24) is 4.57 Å². The van der Waals surface area contributed by atoms with Gasteiger partial charge in [-0.05, 0) is 30.4 Å². The Hall–Kier alpha value is -1.28. The number of hydrogen-bond donors (Lipinski definition) is 1. The molecule has 1 aromatic heterocycles. The van der Waals surface area contributed by atoms with Crippen LogP contribution in [0.5, 0.6) is 0 Å². The van der Waals surface area contributed by atoms with Crippen LogP contribution in [0.15, 0.2) is 30.5 Å². The summed E-state index contributed by atoms with van der Waals surface area (Å²) in [5, 5.41) is 10.2. The van der Waals surface area contributed by atoms with Gasteiger partial charge in [0.25, 0.3) is 0 Å². The topological polar surface area (TPSA) is 25.2 Å². The Morgan fingerprint density at radius 1 is 1.29 bits per heavy atom. The van der Waals surface area contributed by atoms with E-state index in [4.69, 9.17) is 5.11 Å². The highest BCUT2D eigenvalue weighted by molar-refractivity contribution is 5.83. The van der Waals surface area contributed by atoms with Crippen LogP contribution in [-0.4, -0.2) is 16.3 Å². The van der Waals surface area contributed by atoms with Crippen molar-refractivity contribution in [3.05, 3.63) is 36.0 Å². The second kappa shape index (κ2) is 3.84. The molecule has 0 amide bonds. The maximum Gasteiger partial charge on any atom is 0.0513 e. The van der Waals surface area contributed by atoms with Crippen LogP contribution in [0.3, 0.4) is 0 Å². The van der Waals surface area contributed by atoms with E-state index < -0.39 is 0 Å². The molecule has 0 saturated heterocycles. The van der Waals surface area contributed by atoms with Gasteiger partial charge in [0.05, 0.1) is 5.52 Å². The quantitative estimate of drug-likeness (QED) is 0.786. The molecule has 1 heterocycles. The van der Waals surface area contributed by atoms with E-state index in [1.165, 1.54) is 16.5 Å². The van der Waals surface area contributed by atoms with Gasteiger partial charge in [0.15, 0.2) is 0 Å². The summed E-state index contributed by atoms with van der Waals surface area (Å²) in [7, 11) is 0. The molecule has 0 fully saturated rings. The van der Waals surface area contributed by atoms with E-state index in [1.807, 2.05) is 6.07 Å². The van der Waals surface area contributed by atoms with Crippen molar-refractivity contribution in [2.24, 2.45) is 0 Å². The van der Waals surface area contributed by atoms with Crippen molar-refractivity contribution >= 4 is 10.9 Å². The first-order valence-corrected chi connectivity index (χ1v) is 5.04. The Morgan fingerprint density at radius 3 is 2.86 bits per heavy atom. The second-order valence-electron chi connectivity index (χ2n) is 3.43. The lowest BCUT2D eigenvalue weighted by atomic mass is 10.1. The second-order valence-corrected chi connectivity index (χ2v) is 3.43. The Balaban J connectivity index is 2.62. The van der Waals surface area contributed by atoms with E-state index >= 15 is 0 Å². The lowest BCUT2D eigenvalue weighted by Crippen LogP contribution is -1.97. The minimum absolute atomic E-state index is 0.216. The van der Waals surface area contributed by atoms with Crippen molar-refractivity contribution in [3.63, 3.8) is 0 Å². The maximum absolute atomic E-state index is 8.97. The molecule has 0 bridgehead atoms. The summed E-state index contributed by atoms with van der Waals surface area (Å²) < 4.78 is 2.22. The lowest BCUT2D eigenvalue weighted by Gasteiger charge is -2.06. The molecule has 0 saturated carbocycles. The van der Waals surface area contributed by atoms with Crippen LogP contribution in [0.1, 0.15) is 12.5 Å². The first-order valence-electron chi connectivity index (χ1n) is 5.04. The zero-order chi connectivity index (χ0) is 9.97. The number of benzene rings is 1. The monoisotopic (exact) mass is 189 g/mol. The lowest BCUT2D eigenvalue weighted by molar-refractivity contribution is 0.300. The molecule has 0 aliphatic heterocycles. The molecule has 74 valence electrons. The highest BCUT2D eigenvalue weighted by Gasteiger charge is 2.04. The van der Waals surface area contributed by atoms with E-state index in [9.17, 15) is 0 Å². The van der Waals surface area contributed by atoms with E-state index in [0.29, 0.717) is 0 Å². The van der Waals surface area contributed by atoms with Gasteiger partial charge in [0.1, 0.15) is 0 Å². The third kappa shape index (κ3) is 1.42. The van der Waals surface area contributed by atoms with Crippen LogP contribution in [-0.2, 0) is 13.0 Å². The van der Waals surface area contributed by atoms with E-state index in [0.717, 1.165) is 13.0 Å². The average molecular weight is 189 g/mol. The normalized spacial score (nSPS) is 11.0. The van der Waals surface area contributed by atoms with Gasteiger partial charge in [0.2, 0.25) is 0 Å². The molecule has 2 nitrogen and oxygen atoms in total. The highest BCUT2D eigenvalue weighted by atomic mass is 16.2. The summed E-state index contributed by atoms with van der Waals surface area (Å²) in [6, 6.07) is 8.38. The molecule has 0 radical (unpaired) electrons. The summed E-state index contributed by atoms with van der Waals surface area (Å²) >= 11 is 0. The predicted octanol–water partition coefficient (Wildman–Crippen LogP) is 2.20. The average Bonchev–Trinajstić information content (AvgIpc) is 2.62. The first-order chi connectivity index (χ1) is 6.86. The van der Waals surface area contributed by atoms with Gasteiger partial charge in [-0.3, -0.25) is 0 Å². The molecular formula is C12H15NO. The van der Waals surface area contributed by atoms with Gasteiger partial charge in [-0.25, -0.2) is 0 Å². The highest BCUT2D eigenvalue weighted by Crippen LogP contribution is 2.20. The summed E-state index contributed by atoms with van der Waals surface area (Å²) in [6.45, 7) is 3.33. The Kier molecular flexibility index (Phi) is 2.55. The van der Waals surface area contributed by atoms with Crippen LogP contribution in [0.25, 0.3) is 10.9 Å². The molecule has 2 rings (SSSR count). The maximum atomic E-state index is 8.97. The predicted molar refractivity (Wildman–Crippen MR) is 58.4 cm³/mol. The zero-order valence-electron chi connectivity index (χ0n) is 8.40. The molecule has 0 atom stereocenters. The van der Waals surface area contributed by atoms with Crippen LogP contribution >= 0.6 is 0 Å². The van der Waals surface area contributed by atoms with Gasteiger partial charge >= 0.3 is 0 Å². The van der Waals surface area contributed by atoms with Crippen LogP contribution in [0, 0.1) is 0 Å². The summed E-state index contributed by atoms with van der Waals surface area (Å²) in [5.41, 5.74) is 2.50. The Bertz CT molecular complexity index is 431. The third-order valence-corrected chi connectivity index (χ3v) is 2.59. The van der Waals surface area contributed by atoms with Crippen molar-refractivity contribution < 1.29 is 5.11 Å². The fraction of sp³-hybridized carbons (Fsp3) is 0.333. The molecule has 2 aromatic rings. The molecule has 1 N–H and O–H groups in total. The summed E-state index contributed by atoms with van der Waals surface area (Å²) in [6.07, 6.45) is 2.84. The minimum Gasteiger partial charge on any atom is -0.396 e. The van der Waals surface area contributed by atoms with E-state index in [-0.39, 0.29) is 6.61 Å². The number of nitrogens with zero attached hydrogens (tertiary/aromatic N) is 1. The van der Waals surface area contributed by atoms with E-state index in [1.54, 1.807) is 0 Å². The van der Waals surface area contributed by atoms with Crippen molar-refractivity contribution in [1.29, 1.82) is 0 Å². The van der Waals surface area contributed by atoms with Crippen molar-refractivity contribution in [3.8, 4) is 0 Å². The Labute approximate surface area is 83.8 Å². The fourth-order valence-corrected chi connectivity index (χ4v) is 1.93. The first kappa shape index (κ1) is 9.28. The van der Waals surface area contributed by atoms with Crippen molar-refractivity contribution in [2.45, 2.75) is 19.9 Å². The number of para-hydroxylation sites is 1. The number of hydrogen-bond acceptors (Lipinski definition) is 1. The fourth-order valence-electron chi connectivity index (χ4n) is 1.93. The van der Waals surface area contributed by atoms with Gasteiger partial charge in [-0.15, -0.1) is 0 Å². The smallest absolute Gasteiger partial charge is 0.0513 e. The molecule has 1 aromatic carbocycles. The Morgan fingerprint density at radius 2 is 2.14 bits per heavy atom. The summed E-state index contributed by atoms with van der Waals surface area (Å²) in [5.74, 6) is 0. The van der Waals surface area contributed by atoms with Gasteiger partial charge in [-0.2, -0.15) is 0 Å². The van der Waals surface area contributed by atoms with E-state index in [2.05, 4.69) is 35.9 Å². The SMILES string of the molecule is CCn1ccc2cccc(CCO)c21. The molecule has 0 aliphatic rings. The molecule has 0 aliphatic carbocycles. The van der Waals surface area contributed by atoms with Crippen LogP contribution in [0.2, 0.25) is 0 Å². The largest absolute Gasteiger partial charge is 0.396 e. The standard InChI is InChI=1S/C12H15NO/c1-2-13-8-6-10-4-3-5-11(7-9-14)12(10)13/h3-6,8,14H,2,7,9H2,1H3. The number of fused-ring (bicyclic) bond motifs is 1. The molecule has 0 spiro atoms. The number of aliphatic hydroxyl groups excluding tert-OH is 1. The van der Waals surface area contributed by atoms with Crippen LogP contribution in [0.4, 0.5) is 0 Å². The van der Waals surface area contributed by atoms with Crippen molar-refractivity contribution in [2.75, 3.05) is 6.61 Å². The molecular weight excluding hydrogens is 174 g/mol.